The summed E-state index contributed by atoms with van der Waals surface area (Å²) in [5, 5.41) is 19.4. The van der Waals surface area contributed by atoms with E-state index >= 15 is 0 Å². The molecule has 0 unspecified atom stereocenters. The predicted octanol–water partition coefficient (Wildman–Crippen LogP) is 4.39. The molecule has 7 nitrogen and oxygen atoms in total. The molecule has 0 aliphatic carbocycles. The molecule has 2 N–H and O–H groups in total. The fourth-order valence-corrected chi connectivity index (χ4v) is 4.20. The second kappa shape index (κ2) is 12.3. The number of rotatable bonds is 12. The topological polar surface area (TPSA) is 98.2 Å². The summed E-state index contributed by atoms with van der Waals surface area (Å²) in [7, 11) is 0. The van der Waals surface area contributed by atoms with Crippen LogP contribution in [0.25, 0.3) is 0 Å². The summed E-state index contributed by atoms with van der Waals surface area (Å²) >= 11 is 0. The third-order valence-corrected chi connectivity index (χ3v) is 6.13. The Morgan fingerprint density at radius 2 is 1.68 bits per heavy atom. The number of benzene rings is 1. The highest BCUT2D eigenvalue weighted by Crippen LogP contribution is 2.25. The molecule has 2 amide bonds. The van der Waals surface area contributed by atoms with Gasteiger partial charge in [-0.2, -0.15) is 0 Å². The number of carbonyl (C=O) groups excluding carboxylic acids is 1. The number of fused-ring (bicyclic) bond motifs is 1. The van der Waals surface area contributed by atoms with E-state index < -0.39 is 29.9 Å². The largest absolute Gasteiger partial charge is 0.481 e. The van der Waals surface area contributed by atoms with E-state index in [1.807, 2.05) is 24.3 Å². The third-order valence-electron chi connectivity index (χ3n) is 6.13. The van der Waals surface area contributed by atoms with E-state index in [1.165, 1.54) is 29.1 Å². The van der Waals surface area contributed by atoms with E-state index in [-0.39, 0.29) is 19.5 Å². The van der Waals surface area contributed by atoms with E-state index in [9.17, 15) is 24.6 Å². The fourth-order valence-electron chi connectivity index (χ4n) is 4.20. The molecule has 1 aliphatic rings. The van der Waals surface area contributed by atoms with Gasteiger partial charge in [0, 0.05) is 26.1 Å². The minimum atomic E-state index is -1.04. The second-order valence-corrected chi connectivity index (χ2v) is 8.37. The highest BCUT2D eigenvalue weighted by molar-refractivity contribution is 5.84. The first kappa shape index (κ1) is 24.7. The van der Waals surface area contributed by atoms with Gasteiger partial charge in [0.15, 0.2) is 0 Å². The Labute approximate surface area is 185 Å². The van der Waals surface area contributed by atoms with Gasteiger partial charge in [0.05, 0.1) is 5.92 Å². The summed E-state index contributed by atoms with van der Waals surface area (Å²) < 4.78 is 0. The molecule has 1 aliphatic heterocycles. The Bertz CT molecular complexity index is 751. The normalized spacial score (nSPS) is 16.5. The molecular weight excluding hydrogens is 396 g/mol. The van der Waals surface area contributed by atoms with Crippen LogP contribution >= 0.6 is 0 Å². The number of nitrogens with zero attached hydrogens (tertiary/aromatic N) is 2. The molecule has 31 heavy (non-hydrogen) atoms. The van der Waals surface area contributed by atoms with Crippen LogP contribution in [-0.4, -0.2) is 57.1 Å². The number of urea groups is 1. The molecular formula is C24H36N2O5. The number of amides is 2. The van der Waals surface area contributed by atoms with Crippen molar-refractivity contribution in [1.82, 2.24) is 9.80 Å². The molecule has 0 saturated heterocycles. The van der Waals surface area contributed by atoms with Crippen molar-refractivity contribution in [2.24, 2.45) is 5.92 Å². The lowest BCUT2D eigenvalue weighted by Gasteiger charge is -2.38. The first-order valence-electron chi connectivity index (χ1n) is 11.5. The second-order valence-electron chi connectivity index (χ2n) is 8.37. The van der Waals surface area contributed by atoms with Crippen LogP contribution in [0.2, 0.25) is 0 Å². The number of carboxylic acids is 2. The summed E-state index contributed by atoms with van der Waals surface area (Å²) in [6, 6.07) is 6.19. The van der Waals surface area contributed by atoms with Crippen LogP contribution < -0.4 is 0 Å². The van der Waals surface area contributed by atoms with Crippen molar-refractivity contribution in [3.63, 3.8) is 0 Å². The molecule has 1 aromatic carbocycles. The maximum absolute atomic E-state index is 13.3. The van der Waals surface area contributed by atoms with Crippen LogP contribution in [0.3, 0.4) is 0 Å². The van der Waals surface area contributed by atoms with Crippen molar-refractivity contribution in [1.29, 1.82) is 0 Å². The Morgan fingerprint density at radius 3 is 2.29 bits per heavy atom. The molecule has 0 radical (unpaired) electrons. The Kier molecular flexibility index (Phi) is 9.82. The zero-order chi connectivity index (χ0) is 22.8. The molecule has 7 heteroatoms. The standard InChI is InChI=1S/C24H36N2O5/c1-3-5-6-7-8-9-14-20(22(27)28)16-25(4-2)24(31)26-17-19-13-11-10-12-18(19)15-21(26)23(29)30/h10-13,20-21H,3-9,14-17H2,1-2H3,(H,27,28)(H,29,30)/t20-,21-/m0/s1. The van der Waals surface area contributed by atoms with Gasteiger partial charge < -0.3 is 20.0 Å². The summed E-state index contributed by atoms with van der Waals surface area (Å²) in [6.45, 7) is 4.62. The smallest absolute Gasteiger partial charge is 0.326 e. The molecule has 0 bridgehead atoms. The number of carboxylic acid groups (broad SMARTS) is 2. The number of unbranched alkanes of at least 4 members (excludes halogenated alkanes) is 5. The maximum atomic E-state index is 13.3. The number of hydrogen-bond donors (Lipinski definition) is 2. The van der Waals surface area contributed by atoms with Crippen LogP contribution in [0.4, 0.5) is 4.79 Å². The van der Waals surface area contributed by atoms with Crippen molar-refractivity contribution in [2.75, 3.05) is 13.1 Å². The highest BCUT2D eigenvalue weighted by Gasteiger charge is 2.37. The lowest BCUT2D eigenvalue weighted by atomic mass is 9.94. The van der Waals surface area contributed by atoms with Crippen molar-refractivity contribution in [3.05, 3.63) is 35.4 Å². The van der Waals surface area contributed by atoms with E-state index in [1.54, 1.807) is 6.92 Å². The summed E-state index contributed by atoms with van der Waals surface area (Å²) in [4.78, 5) is 39.8. The molecule has 0 fully saturated rings. The van der Waals surface area contributed by atoms with Gasteiger partial charge in [0.2, 0.25) is 0 Å². The van der Waals surface area contributed by atoms with Gasteiger partial charge in [0.25, 0.3) is 0 Å². The van der Waals surface area contributed by atoms with Gasteiger partial charge in [-0.1, -0.05) is 69.7 Å². The average molecular weight is 433 g/mol. The molecule has 0 saturated carbocycles. The molecule has 0 spiro atoms. The summed E-state index contributed by atoms with van der Waals surface area (Å²) in [5.41, 5.74) is 1.87. The summed E-state index contributed by atoms with van der Waals surface area (Å²) in [6.07, 6.45) is 7.24. The van der Waals surface area contributed by atoms with E-state index in [0.717, 1.165) is 30.4 Å². The molecule has 2 atom stereocenters. The average Bonchev–Trinajstić information content (AvgIpc) is 2.76. The number of aliphatic carboxylic acids is 2. The lowest BCUT2D eigenvalue weighted by Crippen LogP contribution is -2.54. The Morgan fingerprint density at radius 1 is 1.03 bits per heavy atom. The van der Waals surface area contributed by atoms with Crippen LogP contribution in [0.1, 0.15) is 69.9 Å². The molecule has 172 valence electrons. The van der Waals surface area contributed by atoms with Crippen LogP contribution in [0.5, 0.6) is 0 Å². The highest BCUT2D eigenvalue weighted by atomic mass is 16.4. The van der Waals surface area contributed by atoms with Crippen LogP contribution in [-0.2, 0) is 22.6 Å². The van der Waals surface area contributed by atoms with Crippen LogP contribution in [0.15, 0.2) is 24.3 Å². The van der Waals surface area contributed by atoms with Crippen molar-refractivity contribution in [2.45, 2.75) is 77.8 Å². The zero-order valence-electron chi connectivity index (χ0n) is 18.8. The van der Waals surface area contributed by atoms with Gasteiger partial charge in [-0.15, -0.1) is 0 Å². The predicted molar refractivity (Wildman–Crippen MR) is 119 cm³/mol. The first-order valence-corrected chi connectivity index (χ1v) is 11.5. The van der Waals surface area contributed by atoms with Gasteiger partial charge in [-0.3, -0.25) is 4.79 Å². The summed E-state index contributed by atoms with van der Waals surface area (Å²) in [5.74, 6) is -2.59. The lowest BCUT2D eigenvalue weighted by molar-refractivity contribution is -0.144. The third kappa shape index (κ3) is 6.97. The van der Waals surface area contributed by atoms with Gasteiger partial charge >= 0.3 is 18.0 Å². The van der Waals surface area contributed by atoms with Gasteiger partial charge in [-0.25, -0.2) is 9.59 Å². The SMILES string of the molecule is CCCCCCCC[C@@H](CN(CC)C(=O)N1Cc2ccccc2C[C@H]1C(=O)O)C(=O)O. The van der Waals surface area contributed by atoms with Crippen molar-refractivity contribution in [3.8, 4) is 0 Å². The van der Waals surface area contributed by atoms with E-state index in [0.29, 0.717) is 13.0 Å². The monoisotopic (exact) mass is 432 g/mol. The van der Waals surface area contributed by atoms with Crippen molar-refractivity contribution >= 4 is 18.0 Å². The molecule has 1 aromatic rings. The van der Waals surface area contributed by atoms with Gasteiger partial charge in [0.1, 0.15) is 6.04 Å². The molecule has 2 rings (SSSR count). The van der Waals surface area contributed by atoms with E-state index in [2.05, 4.69) is 6.92 Å². The zero-order valence-corrected chi connectivity index (χ0v) is 18.8. The fraction of sp³-hybridized carbons (Fsp3) is 0.625. The van der Waals surface area contributed by atoms with Crippen molar-refractivity contribution < 1.29 is 24.6 Å². The minimum Gasteiger partial charge on any atom is -0.481 e. The van der Waals surface area contributed by atoms with Crippen LogP contribution in [0, 0.1) is 5.92 Å². The van der Waals surface area contributed by atoms with E-state index in [4.69, 9.17) is 0 Å². The number of carbonyl (C=O) groups is 3. The quantitative estimate of drug-likeness (QED) is 0.477. The first-order chi connectivity index (χ1) is 14.9. The number of hydrogen-bond acceptors (Lipinski definition) is 3. The Hall–Kier alpha value is -2.57. The molecule has 1 heterocycles. The van der Waals surface area contributed by atoms with Gasteiger partial charge in [-0.05, 0) is 24.5 Å². The minimum absolute atomic E-state index is 0.101. The maximum Gasteiger partial charge on any atom is 0.326 e. The molecule has 0 aromatic heterocycles. The Balaban J connectivity index is 2.04.